The minimum atomic E-state index is -0.336. The number of hydrogen-bond donors (Lipinski definition) is 1. The maximum Gasteiger partial charge on any atom is 0.258 e. The molecule has 1 heterocycles. The molecule has 1 aromatic heterocycles. The van der Waals surface area contributed by atoms with Crippen LogP contribution in [-0.2, 0) is 0 Å². The molecule has 18 heavy (non-hydrogen) atoms. The number of hydrogen-bond acceptors (Lipinski definition) is 3. The van der Waals surface area contributed by atoms with Gasteiger partial charge >= 0.3 is 0 Å². The van der Waals surface area contributed by atoms with Crippen molar-refractivity contribution in [1.29, 1.82) is 0 Å². The average molecular weight is 282 g/mol. The van der Waals surface area contributed by atoms with Crippen LogP contribution in [0.5, 0.6) is 0 Å². The molecule has 0 unspecified atom stereocenters. The highest BCUT2D eigenvalue weighted by molar-refractivity contribution is 6.34. The van der Waals surface area contributed by atoms with E-state index in [-0.39, 0.29) is 11.1 Å². The van der Waals surface area contributed by atoms with Gasteiger partial charge in [0.15, 0.2) is 5.82 Å². The predicted molar refractivity (Wildman–Crippen MR) is 71.2 cm³/mol. The van der Waals surface area contributed by atoms with E-state index < -0.39 is 0 Å². The molecule has 0 bridgehead atoms. The molecule has 4 nitrogen and oxygen atoms in total. The van der Waals surface area contributed by atoms with E-state index in [2.05, 4.69) is 15.3 Å². The number of anilines is 1. The van der Waals surface area contributed by atoms with Crippen molar-refractivity contribution in [3.63, 3.8) is 0 Å². The van der Waals surface area contributed by atoms with E-state index in [4.69, 9.17) is 23.2 Å². The van der Waals surface area contributed by atoms with Crippen LogP contribution in [0.2, 0.25) is 10.2 Å². The molecule has 0 aliphatic carbocycles. The topological polar surface area (TPSA) is 54.9 Å². The van der Waals surface area contributed by atoms with Gasteiger partial charge in [-0.15, -0.1) is 0 Å². The Morgan fingerprint density at radius 3 is 2.61 bits per heavy atom. The van der Waals surface area contributed by atoms with Gasteiger partial charge < -0.3 is 5.32 Å². The average Bonchev–Trinajstić information content (AvgIpc) is 2.32. The van der Waals surface area contributed by atoms with Crippen LogP contribution in [0.15, 0.2) is 30.6 Å². The molecule has 0 aliphatic rings. The zero-order chi connectivity index (χ0) is 13.1. The summed E-state index contributed by atoms with van der Waals surface area (Å²) in [5, 5.41) is 3.25. The van der Waals surface area contributed by atoms with E-state index in [1.165, 1.54) is 12.4 Å². The summed E-state index contributed by atoms with van der Waals surface area (Å²) in [5.74, 6) is -0.0161. The number of nitrogens with one attached hydrogen (secondary N) is 1. The lowest BCUT2D eigenvalue weighted by atomic mass is 10.1. The largest absolute Gasteiger partial charge is 0.305 e. The molecule has 92 valence electrons. The SMILES string of the molecule is Cc1ccc(C(=O)Nc2cnc(Cl)cn2)c(Cl)c1. The Hall–Kier alpha value is -1.65. The number of aromatic nitrogens is 2. The molecular formula is C12H9Cl2N3O. The Bertz CT molecular complexity index is 584. The summed E-state index contributed by atoms with van der Waals surface area (Å²) in [5.41, 5.74) is 1.38. The third-order valence-electron chi connectivity index (χ3n) is 2.23. The molecule has 0 saturated carbocycles. The third-order valence-corrected chi connectivity index (χ3v) is 2.74. The van der Waals surface area contributed by atoms with Gasteiger partial charge in [-0.05, 0) is 24.6 Å². The van der Waals surface area contributed by atoms with E-state index in [9.17, 15) is 4.79 Å². The van der Waals surface area contributed by atoms with E-state index >= 15 is 0 Å². The number of aryl methyl sites for hydroxylation is 1. The Morgan fingerprint density at radius 2 is 2.00 bits per heavy atom. The molecule has 0 radical (unpaired) electrons. The highest BCUT2D eigenvalue weighted by Crippen LogP contribution is 2.18. The fourth-order valence-corrected chi connectivity index (χ4v) is 1.78. The summed E-state index contributed by atoms with van der Waals surface area (Å²) in [6, 6.07) is 5.20. The summed E-state index contributed by atoms with van der Waals surface area (Å²) in [4.78, 5) is 19.7. The maximum atomic E-state index is 11.9. The number of nitrogens with zero attached hydrogens (tertiary/aromatic N) is 2. The summed E-state index contributed by atoms with van der Waals surface area (Å²) in [6.07, 6.45) is 2.73. The summed E-state index contributed by atoms with van der Waals surface area (Å²) < 4.78 is 0. The molecular weight excluding hydrogens is 273 g/mol. The van der Waals surface area contributed by atoms with Crippen LogP contribution in [0.4, 0.5) is 5.82 Å². The second-order valence-electron chi connectivity index (χ2n) is 3.66. The van der Waals surface area contributed by atoms with Crippen molar-refractivity contribution in [3.05, 3.63) is 51.9 Å². The Balaban J connectivity index is 2.19. The van der Waals surface area contributed by atoms with Crippen LogP contribution in [0, 0.1) is 6.92 Å². The van der Waals surface area contributed by atoms with Crippen molar-refractivity contribution in [2.24, 2.45) is 0 Å². The standard InChI is InChI=1S/C12H9Cl2N3O/c1-7-2-3-8(9(13)4-7)12(18)17-11-6-15-10(14)5-16-11/h2-6H,1H3,(H,16,17,18). The maximum absolute atomic E-state index is 11.9. The van der Waals surface area contributed by atoms with Crippen LogP contribution >= 0.6 is 23.2 Å². The van der Waals surface area contributed by atoms with Crippen molar-refractivity contribution < 1.29 is 4.79 Å². The van der Waals surface area contributed by atoms with Gasteiger partial charge in [0.25, 0.3) is 5.91 Å². The molecule has 2 aromatic rings. The van der Waals surface area contributed by atoms with Gasteiger partial charge in [0.05, 0.1) is 23.0 Å². The number of halogens is 2. The van der Waals surface area contributed by atoms with Crippen molar-refractivity contribution in [2.45, 2.75) is 6.92 Å². The molecule has 1 N–H and O–H groups in total. The van der Waals surface area contributed by atoms with Gasteiger partial charge in [-0.1, -0.05) is 29.3 Å². The Morgan fingerprint density at radius 1 is 1.22 bits per heavy atom. The van der Waals surface area contributed by atoms with Gasteiger partial charge in [0.2, 0.25) is 0 Å². The van der Waals surface area contributed by atoms with Gasteiger partial charge in [0, 0.05) is 0 Å². The first kappa shape index (κ1) is 12.8. The minimum Gasteiger partial charge on any atom is -0.305 e. The van der Waals surface area contributed by atoms with Gasteiger partial charge in [-0.3, -0.25) is 4.79 Å². The fourth-order valence-electron chi connectivity index (χ4n) is 1.36. The number of rotatable bonds is 2. The zero-order valence-corrected chi connectivity index (χ0v) is 11.0. The van der Waals surface area contributed by atoms with Gasteiger partial charge in [-0.25, -0.2) is 9.97 Å². The van der Waals surface area contributed by atoms with Crippen molar-refractivity contribution >= 4 is 34.9 Å². The lowest BCUT2D eigenvalue weighted by molar-refractivity contribution is 0.102. The number of amides is 1. The lowest BCUT2D eigenvalue weighted by Gasteiger charge is -2.06. The van der Waals surface area contributed by atoms with Gasteiger partial charge in [0.1, 0.15) is 5.15 Å². The smallest absolute Gasteiger partial charge is 0.258 e. The van der Waals surface area contributed by atoms with E-state index in [1.807, 2.05) is 13.0 Å². The molecule has 1 aromatic carbocycles. The zero-order valence-electron chi connectivity index (χ0n) is 9.45. The quantitative estimate of drug-likeness (QED) is 0.919. The highest BCUT2D eigenvalue weighted by atomic mass is 35.5. The van der Waals surface area contributed by atoms with Crippen LogP contribution in [0.3, 0.4) is 0 Å². The molecule has 0 saturated heterocycles. The van der Waals surface area contributed by atoms with Gasteiger partial charge in [-0.2, -0.15) is 0 Å². The first-order chi connectivity index (χ1) is 8.56. The monoisotopic (exact) mass is 281 g/mol. The van der Waals surface area contributed by atoms with E-state index in [0.717, 1.165) is 5.56 Å². The first-order valence-electron chi connectivity index (χ1n) is 5.11. The molecule has 0 atom stereocenters. The summed E-state index contributed by atoms with van der Waals surface area (Å²) in [6.45, 7) is 1.90. The second kappa shape index (κ2) is 5.33. The molecule has 0 spiro atoms. The van der Waals surface area contributed by atoms with E-state index in [1.54, 1.807) is 12.1 Å². The number of benzene rings is 1. The number of carbonyl (C=O) groups excluding carboxylic acids is 1. The Kier molecular flexibility index (Phi) is 3.79. The van der Waals surface area contributed by atoms with Crippen molar-refractivity contribution in [3.8, 4) is 0 Å². The predicted octanol–water partition coefficient (Wildman–Crippen LogP) is 3.34. The molecule has 0 fully saturated rings. The minimum absolute atomic E-state index is 0.265. The first-order valence-corrected chi connectivity index (χ1v) is 5.87. The highest BCUT2D eigenvalue weighted by Gasteiger charge is 2.11. The van der Waals surface area contributed by atoms with Crippen LogP contribution in [0.25, 0.3) is 0 Å². The molecule has 1 amide bonds. The summed E-state index contributed by atoms with van der Waals surface area (Å²) >= 11 is 11.6. The lowest BCUT2D eigenvalue weighted by Crippen LogP contribution is -2.13. The Labute approximate surface area is 114 Å². The normalized spacial score (nSPS) is 10.2. The van der Waals surface area contributed by atoms with Crippen LogP contribution < -0.4 is 5.32 Å². The summed E-state index contributed by atoms with van der Waals surface area (Å²) in [7, 11) is 0. The molecule has 0 aliphatic heterocycles. The number of carbonyl (C=O) groups is 1. The third kappa shape index (κ3) is 2.97. The van der Waals surface area contributed by atoms with Crippen molar-refractivity contribution in [1.82, 2.24) is 9.97 Å². The second-order valence-corrected chi connectivity index (χ2v) is 4.46. The molecule has 6 heteroatoms. The van der Waals surface area contributed by atoms with Crippen molar-refractivity contribution in [2.75, 3.05) is 5.32 Å². The fraction of sp³-hybridized carbons (Fsp3) is 0.0833. The van der Waals surface area contributed by atoms with E-state index in [0.29, 0.717) is 16.4 Å². The molecule has 2 rings (SSSR count). The van der Waals surface area contributed by atoms with Crippen LogP contribution in [-0.4, -0.2) is 15.9 Å². The van der Waals surface area contributed by atoms with Crippen LogP contribution in [0.1, 0.15) is 15.9 Å².